The second-order valence-corrected chi connectivity index (χ2v) is 5.72. The van der Waals surface area contributed by atoms with Gasteiger partial charge in [0.05, 0.1) is 5.56 Å². The monoisotopic (exact) mass is 366 g/mol. The molecule has 0 spiro atoms. The van der Waals surface area contributed by atoms with Gasteiger partial charge in [-0.1, -0.05) is 30.3 Å². The number of aliphatic carboxylic acids is 1. The summed E-state index contributed by atoms with van der Waals surface area (Å²) in [5.74, 6) is -1.64. The number of carbonyl (C=O) groups is 2. The molecule has 26 heavy (non-hydrogen) atoms. The number of amides is 1. The highest BCUT2D eigenvalue weighted by molar-refractivity contribution is 5.92. The minimum absolute atomic E-state index is 0.141. The first-order chi connectivity index (χ1) is 12.3. The number of alkyl halides is 3. The maximum Gasteiger partial charge on any atom is 0.417 e. The third kappa shape index (κ3) is 5.87. The predicted octanol–water partition coefficient (Wildman–Crippen LogP) is 3.31. The number of rotatable bonds is 7. The molecule has 0 radical (unpaired) electrons. The molecule has 5 nitrogen and oxygen atoms in total. The normalized spacial score (nSPS) is 12.4. The zero-order chi connectivity index (χ0) is 19.2. The van der Waals surface area contributed by atoms with Crippen LogP contribution in [0.15, 0.2) is 48.7 Å². The summed E-state index contributed by atoms with van der Waals surface area (Å²) in [4.78, 5) is 26.6. The summed E-state index contributed by atoms with van der Waals surface area (Å²) in [6.45, 7) is 0. The van der Waals surface area contributed by atoms with Gasteiger partial charge in [-0.3, -0.25) is 14.6 Å². The molecule has 1 amide bonds. The van der Waals surface area contributed by atoms with Crippen molar-refractivity contribution in [1.29, 1.82) is 0 Å². The number of aromatic nitrogens is 1. The lowest BCUT2D eigenvalue weighted by Crippen LogP contribution is -2.37. The fourth-order valence-electron chi connectivity index (χ4n) is 2.38. The van der Waals surface area contributed by atoms with Crippen LogP contribution in [0.3, 0.4) is 0 Å². The lowest BCUT2D eigenvalue weighted by Gasteiger charge is -2.18. The fraction of sp³-hybridized carbons (Fsp3) is 0.278. The van der Waals surface area contributed by atoms with Crippen LogP contribution in [-0.2, 0) is 17.4 Å². The van der Waals surface area contributed by atoms with E-state index in [2.05, 4.69) is 10.3 Å². The second kappa shape index (κ2) is 8.46. The van der Waals surface area contributed by atoms with E-state index >= 15 is 0 Å². The summed E-state index contributed by atoms with van der Waals surface area (Å²) >= 11 is 0. The van der Waals surface area contributed by atoms with Gasteiger partial charge in [-0.2, -0.15) is 13.2 Å². The van der Waals surface area contributed by atoms with Crippen molar-refractivity contribution in [2.75, 3.05) is 0 Å². The van der Waals surface area contributed by atoms with Crippen molar-refractivity contribution in [3.63, 3.8) is 0 Å². The van der Waals surface area contributed by atoms with Crippen LogP contribution in [-0.4, -0.2) is 28.0 Å². The third-order valence-electron chi connectivity index (χ3n) is 3.69. The van der Waals surface area contributed by atoms with Crippen LogP contribution in [0.2, 0.25) is 0 Å². The molecule has 2 aromatic rings. The topological polar surface area (TPSA) is 79.3 Å². The molecular weight excluding hydrogens is 349 g/mol. The van der Waals surface area contributed by atoms with Crippen LogP contribution in [0.1, 0.15) is 34.5 Å². The van der Waals surface area contributed by atoms with Gasteiger partial charge in [0.2, 0.25) is 0 Å². The molecule has 138 valence electrons. The summed E-state index contributed by atoms with van der Waals surface area (Å²) in [6, 6.07) is 10.5. The molecule has 2 rings (SSSR count). The number of hydrogen-bond donors (Lipinski definition) is 2. The van der Waals surface area contributed by atoms with Gasteiger partial charge in [0.15, 0.2) is 0 Å². The van der Waals surface area contributed by atoms with Crippen LogP contribution in [0.5, 0.6) is 0 Å². The van der Waals surface area contributed by atoms with Crippen LogP contribution in [0, 0.1) is 0 Å². The molecule has 8 heteroatoms. The summed E-state index contributed by atoms with van der Waals surface area (Å²) < 4.78 is 37.7. The molecule has 1 aromatic carbocycles. The lowest BCUT2D eigenvalue weighted by molar-refractivity contribution is -0.138. The van der Waals surface area contributed by atoms with Gasteiger partial charge in [0, 0.05) is 18.7 Å². The second-order valence-electron chi connectivity index (χ2n) is 5.72. The summed E-state index contributed by atoms with van der Waals surface area (Å²) in [6.07, 6.45) is -3.48. The zero-order valence-electron chi connectivity index (χ0n) is 13.7. The number of halogens is 3. The van der Waals surface area contributed by atoms with E-state index in [1.54, 1.807) is 0 Å². The SMILES string of the molecule is O=C(O)CCC(Cc1ccccc1)NC(=O)c1ccc(C(F)(F)F)cn1. The highest BCUT2D eigenvalue weighted by Crippen LogP contribution is 2.28. The van der Waals surface area contributed by atoms with Gasteiger partial charge in [-0.05, 0) is 30.5 Å². The van der Waals surface area contributed by atoms with Gasteiger partial charge >= 0.3 is 12.1 Å². The number of carboxylic acid groups (broad SMARTS) is 1. The van der Waals surface area contributed by atoms with Crippen LogP contribution in [0.4, 0.5) is 13.2 Å². The molecule has 1 unspecified atom stereocenters. The van der Waals surface area contributed by atoms with Crippen LogP contribution < -0.4 is 5.32 Å². The molecule has 0 aliphatic carbocycles. The first-order valence-corrected chi connectivity index (χ1v) is 7.85. The van der Waals surface area contributed by atoms with E-state index in [1.165, 1.54) is 0 Å². The van der Waals surface area contributed by atoms with E-state index < -0.39 is 29.7 Å². The van der Waals surface area contributed by atoms with Crippen molar-refractivity contribution in [3.8, 4) is 0 Å². The highest BCUT2D eigenvalue weighted by atomic mass is 19.4. The van der Waals surface area contributed by atoms with Gasteiger partial charge in [-0.25, -0.2) is 0 Å². The summed E-state index contributed by atoms with van der Waals surface area (Å²) in [7, 11) is 0. The largest absolute Gasteiger partial charge is 0.481 e. The average molecular weight is 366 g/mol. The van der Waals surface area contributed by atoms with Crippen molar-refractivity contribution in [2.24, 2.45) is 0 Å². The van der Waals surface area contributed by atoms with Crippen molar-refractivity contribution >= 4 is 11.9 Å². The van der Waals surface area contributed by atoms with Crippen LogP contribution in [0.25, 0.3) is 0 Å². The molecule has 0 saturated carbocycles. The number of benzene rings is 1. The maximum absolute atomic E-state index is 12.6. The number of nitrogens with one attached hydrogen (secondary N) is 1. The number of pyridine rings is 1. The number of nitrogens with zero attached hydrogens (tertiary/aromatic N) is 1. The Balaban J connectivity index is 2.08. The van der Waals surface area contributed by atoms with Gasteiger partial charge in [0.25, 0.3) is 5.91 Å². The fourth-order valence-corrected chi connectivity index (χ4v) is 2.38. The summed E-state index contributed by atoms with van der Waals surface area (Å²) in [5, 5.41) is 11.5. The van der Waals surface area contributed by atoms with E-state index in [-0.39, 0.29) is 18.5 Å². The quantitative estimate of drug-likeness (QED) is 0.788. The molecule has 0 fully saturated rings. The Kier molecular flexibility index (Phi) is 6.32. The molecule has 1 atom stereocenters. The Morgan fingerprint density at radius 2 is 1.81 bits per heavy atom. The van der Waals surface area contributed by atoms with Crippen molar-refractivity contribution in [1.82, 2.24) is 10.3 Å². The number of carbonyl (C=O) groups excluding carboxylic acids is 1. The van der Waals surface area contributed by atoms with E-state index in [0.717, 1.165) is 17.7 Å². The van der Waals surface area contributed by atoms with E-state index in [0.29, 0.717) is 12.6 Å². The molecule has 1 aromatic heterocycles. The first-order valence-electron chi connectivity index (χ1n) is 7.85. The Bertz CT molecular complexity index is 747. The first kappa shape index (κ1) is 19.4. The van der Waals surface area contributed by atoms with E-state index in [4.69, 9.17) is 5.11 Å². The minimum atomic E-state index is -4.53. The van der Waals surface area contributed by atoms with Gasteiger partial charge in [0.1, 0.15) is 5.69 Å². The molecule has 0 aliphatic rings. The van der Waals surface area contributed by atoms with E-state index in [1.807, 2.05) is 30.3 Å². The van der Waals surface area contributed by atoms with Gasteiger partial charge in [-0.15, -0.1) is 0 Å². The zero-order valence-corrected chi connectivity index (χ0v) is 13.7. The molecule has 0 aliphatic heterocycles. The highest BCUT2D eigenvalue weighted by Gasteiger charge is 2.31. The molecule has 1 heterocycles. The maximum atomic E-state index is 12.6. The van der Waals surface area contributed by atoms with Crippen molar-refractivity contribution in [3.05, 3.63) is 65.5 Å². The Hall–Kier alpha value is -2.90. The van der Waals surface area contributed by atoms with Crippen LogP contribution >= 0.6 is 0 Å². The lowest BCUT2D eigenvalue weighted by atomic mass is 10.0. The third-order valence-corrected chi connectivity index (χ3v) is 3.69. The number of hydrogen-bond acceptors (Lipinski definition) is 3. The number of carboxylic acids is 1. The molecule has 0 saturated heterocycles. The minimum Gasteiger partial charge on any atom is -0.481 e. The van der Waals surface area contributed by atoms with Crippen molar-refractivity contribution < 1.29 is 27.9 Å². The standard InChI is InChI=1S/C18H17F3N2O3/c19-18(20,21)13-6-8-15(22-11-13)17(26)23-14(7-9-16(24)25)10-12-4-2-1-3-5-12/h1-6,8,11,14H,7,9-10H2,(H,23,26)(H,24,25). The Morgan fingerprint density at radius 1 is 1.12 bits per heavy atom. The molecule has 0 bridgehead atoms. The van der Waals surface area contributed by atoms with Gasteiger partial charge < -0.3 is 10.4 Å². The molecule has 2 N–H and O–H groups in total. The smallest absolute Gasteiger partial charge is 0.417 e. The average Bonchev–Trinajstić information content (AvgIpc) is 2.60. The Labute approximate surface area is 147 Å². The van der Waals surface area contributed by atoms with E-state index in [9.17, 15) is 22.8 Å². The Morgan fingerprint density at radius 3 is 2.35 bits per heavy atom. The predicted molar refractivity (Wildman–Crippen MR) is 87.5 cm³/mol. The molecular formula is C18H17F3N2O3. The summed E-state index contributed by atoms with van der Waals surface area (Å²) in [5.41, 5.74) is -0.198. The van der Waals surface area contributed by atoms with Crippen molar-refractivity contribution in [2.45, 2.75) is 31.5 Å².